The number of hydrogen-bond donors (Lipinski definition) is 2. The third-order valence-electron chi connectivity index (χ3n) is 6.33. The second-order valence-corrected chi connectivity index (χ2v) is 9.55. The van der Waals surface area contributed by atoms with E-state index in [1.165, 1.54) is 13.2 Å². The maximum Gasteiger partial charge on any atom is 0.292 e. The predicted octanol–water partition coefficient (Wildman–Crippen LogP) is 4.14. The van der Waals surface area contributed by atoms with Gasteiger partial charge in [-0.1, -0.05) is 35.3 Å². The second kappa shape index (κ2) is 9.78. The summed E-state index contributed by atoms with van der Waals surface area (Å²) in [4.78, 5) is 45.0. The molecule has 1 aliphatic heterocycles. The van der Waals surface area contributed by atoms with Crippen molar-refractivity contribution in [1.29, 1.82) is 0 Å². The molecule has 0 bridgehead atoms. The van der Waals surface area contributed by atoms with Gasteiger partial charge in [0.2, 0.25) is 0 Å². The van der Waals surface area contributed by atoms with Crippen LogP contribution in [-0.4, -0.2) is 64.6 Å². The molecule has 2 aromatic carbocycles. The van der Waals surface area contributed by atoms with Gasteiger partial charge < -0.3 is 15.2 Å². The number of amides is 2. The number of likely N-dealkylation sites (N-methyl/N-ethyl adjacent to an activating group) is 1. The molecule has 0 saturated carbocycles. The number of halogens is 2. The predicted molar refractivity (Wildman–Crippen MR) is 134 cm³/mol. The third kappa shape index (κ3) is 4.69. The first-order chi connectivity index (χ1) is 16.2. The topological polar surface area (TPSA) is 85.5 Å². The van der Waals surface area contributed by atoms with Crippen molar-refractivity contribution in [3.05, 3.63) is 69.3 Å². The standard InChI is InChI=1S/C25H26Cl2N4O3/c1-14-12-31(15(2)11-30(14)13-16-5-4-6-17(26)7-16)25(34)19-8-18-20(23(32)24(33)28-3)10-29-22(18)9-21(19)27/h4-10,14-15,29H,11-13H2,1-3H3,(H,28,33)/t14-,15+/m0/s1. The monoisotopic (exact) mass is 500 g/mol. The first-order valence-electron chi connectivity index (χ1n) is 11.1. The fourth-order valence-corrected chi connectivity index (χ4v) is 4.91. The summed E-state index contributed by atoms with van der Waals surface area (Å²) in [7, 11) is 1.40. The highest BCUT2D eigenvalue weighted by Crippen LogP contribution is 2.29. The van der Waals surface area contributed by atoms with Crippen LogP contribution in [0.2, 0.25) is 10.0 Å². The third-order valence-corrected chi connectivity index (χ3v) is 6.88. The van der Waals surface area contributed by atoms with E-state index >= 15 is 0 Å². The molecule has 0 aliphatic carbocycles. The normalized spacial score (nSPS) is 18.8. The number of carbonyl (C=O) groups excluding carboxylic acids is 3. The Balaban J connectivity index is 1.57. The molecule has 1 aliphatic rings. The van der Waals surface area contributed by atoms with Gasteiger partial charge in [0, 0.05) is 60.9 Å². The molecule has 0 spiro atoms. The minimum absolute atomic E-state index is 0.0483. The van der Waals surface area contributed by atoms with Gasteiger partial charge in [-0.05, 0) is 43.7 Å². The van der Waals surface area contributed by atoms with E-state index in [1.54, 1.807) is 12.1 Å². The van der Waals surface area contributed by atoms with Crippen molar-refractivity contribution < 1.29 is 14.4 Å². The number of hydrogen-bond acceptors (Lipinski definition) is 4. The number of piperazine rings is 1. The zero-order valence-electron chi connectivity index (χ0n) is 19.2. The van der Waals surface area contributed by atoms with Gasteiger partial charge in [0.05, 0.1) is 16.1 Å². The van der Waals surface area contributed by atoms with Crippen LogP contribution in [0.5, 0.6) is 0 Å². The molecule has 0 unspecified atom stereocenters. The highest BCUT2D eigenvalue weighted by atomic mass is 35.5. The highest BCUT2D eigenvalue weighted by Gasteiger charge is 2.33. The van der Waals surface area contributed by atoms with E-state index in [0.29, 0.717) is 39.6 Å². The number of nitrogens with zero attached hydrogens (tertiary/aromatic N) is 2. The SMILES string of the molecule is CNC(=O)C(=O)c1c[nH]c2cc(Cl)c(C(=O)N3C[C@H](C)N(Cc4cccc(Cl)c4)C[C@H]3C)cc12. The molecular formula is C25H26Cl2N4O3. The first-order valence-corrected chi connectivity index (χ1v) is 11.8. The van der Waals surface area contributed by atoms with Crippen LogP contribution in [0.4, 0.5) is 0 Å². The fourth-order valence-electron chi connectivity index (χ4n) is 4.46. The Morgan fingerprint density at radius 3 is 2.53 bits per heavy atom. The Kier molecular flexibility index (Phi) is 6.98. The number of fused-ring (bicyclic) bond motifs is 1. The van der Waals surface area contributed by atoms with Crippen LogP contribution >= 0.6 is 23.2 Å². The molecule has 2 atom stereocenters. The molecule has 9 heteroatoms. The van der Waals surface area contributed by atoms with Gasteiger partial charge in [0.1, 0.15) is 0 Å². The van der Waals surface area contributed by atoms with Crippen molar-refractivity contribution in [2.24, 2.45) is 0 Å². The van der Waals surface area contributed by atoms with Crippen LogP contribution in [-0.2, 0) is 11.3 Å². The van der Waals surface area contributed by atoms with Gasteiger partial charge >= 0.3 is 0 Å². The minimum Gasteiger partial charge on any atom is -0.360 e. The van der Waals surface area contributed by atoms with Crippen LogP contribution in [0.1, 0.15) is 40.1 Å². The van der Waals surface area contributed by atoms with Crippen LogP contribution < -0.4 is 5.32 Å². The number of aromatic amines is 1. The Bertz CT molecular complexity index is 1270. The zero-order valence-corrected chi connectivity index (χ0v) is 20.7. The highest BCUT2D eigenvalue weighted by molar-refractivity contribution is 6.45. The molecule has 2 N–H and O–H groups in total. The summed E-state index contributed by atoms with van der Waals surface area (Å²) in [5.74, 6) is -1.60. The summed E-state index contributed by atoms with van der Waals surface area (Å²) < 4.78 is 0. The number of H-pyrrole nitrogens is 1. The average Bonchev–Trinajstić information content (AvgIpc) is 3.21. The second-order valence-electron chi connectivity index (χ2n) is 8.70. The molecule has 3 aromatic rings. The van der Waals surface area contributed by atoms with Gasteiger partial charge in [0.15, 0.2) is 0 Å². The minimum atomic E-state index is -0.720. The summed E-state index contributed by atoms with van der Waals surface area (Å²) in [5, 5.41) is 3.82. The van der Waals surface area contributed by atoms with Crippen molar-refractivity contribution in [1.82, 2.24) is 20.1 Å². The van der Waals surface area contributed by atoms with E-state index in [1.807, 2.05) is 36.1 Å². The van der Waals surface area contributed by atoms with Gasteiger partial charge in [-0.2, -0.15) is 0 Å². The van der Waals surface area contributed by atoms with Crippen molar-refractivity contribution in [2.75, 3.05) is 20.1 Å². The molecule has 2 heterocycles. The molecule has 178 valence electrons. The lowest BCUT2D eigenvalue weighted by Gasteiger charge is -2.44. The largest absolute Gasteiger partial charge is 0.360 e. The Hall–Kier alpha value is -2.87. The van der Waals surface area contributed by atoms with Crippen molar-refractivity contribution >= 4 is 51.7 Å². The first kappa shape index (κ1) is 24.3. The lowest BCUT2D eigenvalue weighted by molar-refractivity contribution is -0.116. The average molecular weight is 501 g/mol. The van der Waals surface area contributed by atoms with E-state index in [9.17, 15) is 14.4 Å². The molecule has 1 fully saturated rings. The molecule has 7 nitrogen and oxygen atoms in total. The number of aromatic nitrogens is 1. The van der Waals surface area contributed by atoms with Crippen LogP contribution in [0.15, 0.2) is 42.6 Å². The molecular weight excluding hydrogens is 475 g/mol. The molecule has 2 amide bonds. The summed E-state index contributed by atoms with van der Waals surface area (Å²) >= 11 is 12.6. The number of benzene rings is 2. The number of carbonyl (C=O) groups is 3. The number of Topliss-reactive ketones (excluding diaryl/α,β-unsaturated/α-hetero) is 1. The maximum atomic E-state index is 13.6. The fraction of sp³-hybridized carbons (Fsp3) is 0.320. The van der Waals surface area contributed by atoms with Crippen molar-refractivity contribution in [3.63, 3.8) is 0 Å². The number of rotatable bonds is 5. The summed E-state index contributed by atoms with van der Waals surface area (Å²) in [6.45, 7) is 6.08. The van der Waals surface area contributed by atoms with E-state index in [2.05, 4.69) is 22.1 Å². The lowest BCUT2D eigenvalue weighted by atomic mass is 10.0. The molecule has 1 aromatic heterocycles. The van der Waals surface area contributed by atoms with Crippen molar-refractivity contribution in [2.45, 2.75) is 32.5 Å². The molecule has 34 heavy (non-hydrogen) atoms. The van der Waals surface area contributed by atoms with Crippen molar-refractivity contribution in [3.8, 4) is 0 Å². The summed E-state index contributed by atoms with van der Waals surface area (Å²) in [6, 6.07) is 11.1. The summed E-state index contributed by atoms with van der Waals surface area (Å²) in [5.41, 5.74) is 2.22. The summed E-state index contributed by atoms with van der Waals surface area (Å²) in [6.07, 6.45) is 1.46. The smallest absolute Gasteiger partial charge is 0.292 e. The zero-order chi connectivity index (χ0) is 24.6. The number of nitrogens with one attached hydrogen (secondary N) is 2. The maximum absolute atomic E-state index is 13.6. The van der Waals surface area contributed by atoms with Crippen LogP contribution in [0, 0.1) is 0 Å². The van der Waals surface area contributed by atoms with E-state index in [-0.39, 0.29) is 23.6 Å². The Morgan fingerprint density at radius 1 is 1.06 bits per heavy atom. The van der Waals surface area contributed by atoms with Gasteiger partial charge in [0.25, 0.3) is 17.6 Å². The molecule has 1 saturated heterocycles. The quantitative estimate of drug-likeness (QED) is 0.407. The van der Waals surface area contributed by atoms with E-state index in [4.69, 9.17) is 23.2 Å². The molecule has 4 rings (SSSR count). The Labute approximate surface area is 208 Å². The number of ketones is 1. The van der Waals surface area contributed by atoms with Gasteiger partial charge in [-0.25, -0.2) is 0 Å². The van der Waals surface area contributed by atoms with Gasteiger partial charge in [-0.3, -0.25) is 19.3 Å². The van der Waals surface area contributed by atoms with Crippen LogP contribution in [0.25, 0.3) is 10.9 Å². The van der Waals surface area contributed by atoms with E-state index < -0.39 is 11.7 Å². The molecule has 0 radical (unpaired) electrons. The van der Waals surface area contributed by atoms with Crippen LogP contribution in [0.3, 0.4) is 0 Å². The Morgan fingerprint density at radius 2 is 1.82 bits per heavy atom. The lowest BCUT2D eigenvalue weighted by Crippen LogP contribution is -2.57. The van der Waals surface area contributed by atoms with E-state index in [0.717, 1.165) is 12.1 Å². The van der Waals surface area contributed by atoms with Gasteiger partial charge in [-0.15, -0.1) is 0 Å².